The molecule has 1 aliphatic carbocycles. The predicted octanol–water partition coefficient (Wildman–Crippen LogP) is 0.485. The van der Waals surface area contributed by atoms with E-state index in [0.717, 1.165) is 17.3 Å². The number of amides is 4. The van der Waals surface area contributed by atoms with Gasteiger partial charge in [0, 0.05) is 50.7 Å². The number of hydrogen-bond donors (Lipinski definition) is 3. The van der Waals surface area contributed by atoms with Crippen LogP contribution in [0.5, 0.6) is 0 Å². The molecule has 31 heavy (non-hydrogen) atoms. The SMILES string of the molecule is CNC(=O)C1(CNC(=O)C(=O)N2CCN(C(=O)c3cc4ccccc4[nH]3)CC2)CCC1. The summed E-state index contributed by atoms with van der Waals surface area (Å²) < 4.78 is 0. The molecule has 0 radical (unpaired) electrons. The van der Waals surface area contributed by atoms with Crippen molar-refractivity contribution in [3.05, 3.63) is 36.0 Å². The van der Waals surface area contributed by atoms with E-state index in [-0.39, 0.29) is 18.4 Å². The van der Waals surface area contributed by atoms with Gasteiger partial charge in [-0.15, -0.1) is 0 Å². The third kappa shape index (κ3) is 3.99. The first-order chi connectivity index (χ1) is 14.9. The fourth-order valence-electron chi connectivity index (χ4n) is 4.29. The van der Waals surface area contributed by atoms with E-state index >= 15 is 0 Å². The molecule has 2 fully saturated rings. The first-order valence-electron chi connectivity index (χ1n) is 10.6. The van der Waals surface area contributed by atoms with Crippen LogP contribution in [0, 0.1) is 5.41 Å². The van der Waals surface area contributed by atoms with Crippen LogP contribution in [0.25, 0.3) is 10.9 Å². The summed E-state index contributed by atoms with van der Waals surface area (Å²) in [5.41, 5.74) is 0.811. The Hall–Kier alpha value is -3.36. The smallest absolute Gasteiger partial charge is 0.312 e. The van der Waals surface area contributed by atoms with Crippen molar-refractivity contribution in [2.45, 2.75) is 19.3 Å². The molecule has 164 valence electrons. The molecule has 4 amide bonds. The van der Waals surface area contributed by atoms with Crippen LogP contribution in [0.4, 0.5) is 0 Å². The van der Waals surface area contributed by atoms with Gasteiger partial charge >= 0.3 is 11.8 Å². The summed E-state index contributed by atoms with van der Waals surface area (Å²) in [5.74, 6) is -1.55. The van der Waals surface area contributed by atoms with Gasteiger partial charge in [0.1, 0.15) is 5.69 Å². The number of para-hydroxylation sites is 1. The van der Waals surface area contributed by atoms with Crippen LogP contribution in [0.3, 0.4) is 0 Å². The second-order valence-electron chi connectivity index (χ2n) is 8.25. The van der Waals surface area contributed by atoms with E-state index in [1.54, 1.807) is 11.9 Å². The maximum atomic E-state index is 12.8. The number of rotatable bonds is 4. The molecule has 1 aromatic carbocycles. The van der Waals surface area contributed by atoms with Crippen molar-refractivity contribution in [2.24, 2.45) is 5.41 Å². The van der Waals surface area contributed by atoms with Crippen LogP contribution in [-0.2, 0) is 14.4 Å². The lowest BCUT2D eigenvalue weighted by Gasteiger charge is -2.40. The summed E-state index contributed by atoms with van der Waals surface area (Å²) in [4.78, 5) is 56.0. The lowest BCUT2D eigenvalue weighted by atomic mass is 9.68. The summed E-state index contributed by atoms with van der Waals surface area (Å²) in [6, 6.07) is 9.51. The fourth-order valence-corrected chi connectivity index (χ4v) is 4.29. The number of nitrogens with zero attached hydrogens (tertiary/aromatic N) is 2. The molecule has 2 aromatic rings. The minimum atomic E-state index is -0.703. The average molecular weight is 425 g/mol. The fraction of sp³-hybridized carbons (Fsp3) is 0.455. The summed E-state index contributed by atoms with van der Waals surface area (Å²) in [5, 5.41) is 6.24. The molecular weight excluding hydrogens is 398 g/mol. The largest absolute Gasteiger partial charge is 0.359 e. The number of piperazine rings is 1. The van der Waals surface area contributed by atoms with E-state index in [9.17, 15) is 19.2 Å². The van der Waals surface area contributed by atoms with E-state index in [1.165, 1.54) is 4.90 Å². The summed E-state index contributed by atoms with van der Waals surface area (Å²) in [6.07, 6.45) is 2.34. The quantitative estimate of drug-likeness (QED) is 0.618. The third-order valence-electron chi connectivity index (χ3n) is 6.42. The molecule has 0 bridgehead atoms. The van der Waals surface area contributed by atoms with Gasteiger partial charge in [-0.1, -0.05) is 24.6 Å². The van der Waals surface area contributed by atoms with E-state index in [4.69, 9.17) is 0 Å². The highest BCUT2D eigenvalue weighted by atomic mass is 16.2. The average Bonchev–Trinajstić information content (AvgIpc) is 3.21. The van der Waals surface area contributed by atoms with E-state index < -0.39 is 17.2 Å². The number of benzene rings is 1. The van der Waals surface area contributed by atoms with Gasteiger partial charge in [-0.2, -0.15) is 0 Å². The normalized spacial score (nSPS) is 17.7. The Bertz CT molecular complexity index is 985. The Labute approximate surface area is 180 Å². The Morgan fingerprint density at radius 1 is 1.03 bits per heavy atom. The number of H-pyrrole nitrogens is 1. The Balaban J connectivity index is 1.29. The molecule has 0 unspecified atom stereocenters. The highest BCUT2D eigenvalue weighted by Gasteiger charge is 2.44. The summed E-state index contributed by atoms with van der Waals surface area (Å²) in [6.45, 7) is 1.46. The Morgan fingerprint density at radius 2 is 1.71 bits per heavy atom. The van der Waals surface area contributed by atoms with Gasteiger partial charge in [0.25, 0.3) is 5.91 Å². The number of carbonyl (C=O) groups excluding carboxylic acids is 4. The van der Waals surface area contributed by atoms with Gasteiger partial charge < -0.3 is 25.4 Å². The molecule has 1 aromatic heterocycles. The maximum absolute atomic E-state index is 12.8. The standard InChI is InChI=1S/C22H27N5O4/c1-23-21(31)22(7-4-8-22)14-24-18(28)20(30)27-11-9-26(10-12-27)19(29)17-13-15-5-2-3-6-16(15)25-17/h2-3,5-6,13,25H,4,7-12,14H2,1H3,(H,23,31)(H,24,28). The molecule has 1 aliphatic heterocycles. The number of fused-ring (bicyclic) bond motifs is 1. The molecule has 3 N–H and O–H groups in total. The molecule has 2 heterocycles. The number of aromatic nitrogens is 1. The van der Waals surface area contributed by atoms with Gasteiger partial charge in [-0.05, 0) is 25.0 Å². The minimum Gasteiger partial charge on any atom is -0.359 e. The first kappa shape index (κ1) is 20.9. The van der Waals surface area contributed by atoms with Gasteiger partial charge in [-0.25, -0.2) is 0 Å². The molecule has 1 saturated carbocycles. The zero-order valence-corrected chi connectivity index (χ0v) is 17.6. The van der Waals surface area contributed by atoms with Crippen LogP contribution < -0.4 is 10.6 Å². The molecular formula is C22H27N5O4. The monoisotopic (exact) mass is 425 g/mol. The van der Waals surface area contributed by atoms with Crippen LogP contribution >= 0.6 is 0 Å². The van der Waals surface area contributed by atoms with Crippen molar-refractivity contribution in [2.75, 3.05) is 39.8 Å². The summed E-state index contributed by atoms with van der Waals surface area (Å²) >= 11 is 0. The van der Waals surface area contributed by atoms with E-state index in [2.05, 4.69) is 15.6 Å². The van der Waals surface area contributed by atoms with Crippen LogP contribution in [0.15, 0.2) is 30.3 Å². The molecule has 1 saturated heterocycles. The van der Waals surface area contributed by atoms with Crippen molar-refractivity contribution >= 4 is 34.5 Å². The van der Waals surface area contributed by atoms with E-state index in [0.29, 0.717) is 44.7 Å². The number of nitrogens with one attached hydrogen (secondary N) is 3. The van der Waals surface area contributed by atoms with Gasteiger partial charge in [-0.3, -0.25) is 19.2 Å². The maximum Gasteiger partial charge on any atom is 0.312 e. The van der Waals surface area contributed by atoms with Crippen LogP contribution in [0.2, 0.25) is 0 Å². The van der Waals surface area contributed by atoms with Crippen molar-refractivity contribution in [1.29, 1.82) is 0 Å². The summed E-state index contributed by atoms with van der Waals surface area (Å²) in [7, 11) is 1.58. The third-order valence-corrected chi connectivity index (χ3v) is 6.42. The second-order valence-corrected chi connectivity index (χ2v) is 8.25. The number of aromatic amines is 1. The minimum absolute atomic E-state index is 0.101. The number of carbonyl (C=O) groups is 4. The van der Waals surface area contributed by atoms with Crippen LogP contribution in [-0.4, -0.2) is 78.2 Å². The molecule has 2 aliphatic rings. The topological polar surface area (TPSA) is 115 Å². The number of hydrogen-bond acceptors (Lipinski definition) is 4. The lowest BCUT2D eigenvalue weighted by Crippen LogP contribution is -2.56. The second kappa shape index (κ2) is 8.41. The zero-order valence-electron chi connectivity index (χ0n) is 17.6. The van der Waals surface area contributed by atoms with Crippen molar-refractivity contribution in [3.8, 4) is 0 Å². The van der Waals surface area contributed by atoms with Gasteiger partial charge in [0.05, 0.1) is 5.41 Å². The van der Waals surface area contributed by atoms with E-state index in [1.807, 2.05) is 30.3 Å². The molecule has 9 nitrogen and oxygen atoms in total. The Kier molecular flexibility index (Phi) is 5.67. The van der Waals surface area contributed by atoms with Crippen molar-refractivity contribution in [1.82, 2.24) is 25.4 Å². The molecule has 4 rings (SSSR count). The Morgan fingerprint density at radius 3 is 2.32 bits per heavy atom. The molecule has 9 heteroatoms. The highest BCUT2D eigenvalue weighted by molar-refractivity contribution is 6.35. The molecule has 0 spiro atoms. The van der Waals surface area contributed by atoms with Crippen LogP contribution in [0.1, 0.15) is 29.8 Å². The van der Waals surface area contributed by atoms with Gasteiger partial charge in [0.2, 0.25) is 5.91 Å². The predicted molar refractivity (Wildman–Crippen MR) is 114 cm³/mol. The zero-order chi connectivity index (χ0) is 22.0. The highest BCUT2D eigenvalue weighted by Crippen LogP contribution is 2.40. The lowest BCUT2D eigenvalue weighted by molar-refractivity contribution is -0.148. The van der Waals surface area contributed by atoms with Crippen molar-refractivity contribution in [3.63, 3.8) is 0 Å². The first-order valence-corrected chi connectivity index (χ1v) is 10.6. The van der Waals surface area contributed by atoms with Crippen molar-refractivity contribution < 1.29 is 19.2 Å². The molecule has 0 atom stereocenters. The van der Waals surface area contributed by atoms with Gasteiger partial charge in [0.15, 0.2) is 0 Å².